The maximum Gasteiger partial charge on any atom is 0.145 e. The van der Waals surface area contributed by atoms with Crippen molar-refractivity contribution >= 4 is 5.69 Å². The van der Waals surface area contributed by atoms with Gasteiger partial charge in [-0.2, -0.15) is 0 Å². The van der Waals surface area contributed by atoms with Crippen molar-refractivity contribution in [1.29, 1.82) is 0 Å². The topological polar surface area (TPSA) is 24.5 Å². The molecule has 1 heterocycles. The third-order valence-corrected chi connectivity index (χ3v) is 4.20. The molecule has 0 saturated carbocycles. The van der Waals surface area contributed by atoms with Crippen molar-refractivity contribution in [2.45, 2.75) is 39.7 Å². The molecule has 1 aliphatic heterocycles. The number of rotatable bonds is 4. The van der Waals surface area contributed by atoms with E-state index < -0.39 is 0 Å². The lowest BCUT2D eigenvalue weighted by molar-refractivity contribution is 0.410. The maximum absolute atomic E-state index is 5.66. The van der Waals surface area contributed by atoms with E-state index in [2.05, 4.69) is 44.1 Å². The van der Waals surface area contributed by atoms with Gasteiger partial charge in [0.05, 0.1) is 12.8 Å². The zero-order valence-corrected chi connectivity index (χ0v) is 12.8. The Balaban J connectivity index is 2.29. The Kier molecular flexibility index (Phi) is 4.35. The minimum Gasteiger partial charge on any atom is -0.494 e. The fourth-order valence-electron chi connectivity index (χ4n) is 3.10. The number of nitrogens with zero attached hydrogens (tertiary/aromatic N) is 1. The summed E-state index contributed by atoms with van der Waals surface area (Å²) in [6.07, 6.45) is 2.57. The second-order valence-electron chi connectivity index (χ2n) is 5.69. The van der Waals surface area contributed by atoms with Crippen molar-refractivity contribution < 1.29 is 4.74 Å². The molecule has 1 aromatic rings. The average molecular weight is 262 g/mol. The summed E-state index contributed by atoms with van der Waals surface area (Å²) in [6.45, 7) is 8.65. The predicted molar refractivity (Wildman–Crippen MR) is 81.5 cm³/mol. The number of likely N-dealkylation sites (N-methyl/N-ethyl adjacent to an activating group) is 1. The molecule has 106 valence electrons. The average Bonchev–Trinajstić information content (AvgIpc) is 2.85. The van der Waals surface area contributed by atoms with Crippen LogP contribution in [0.4, 0.5) is 5.69 Å². The number of hydrogen-bond donors (Lipinski definition) is 1. The Labute approximate surface area is 116 Å². The van der Waals surface area contributed by atoms with Gasteiger partial charge in [-0.1, -0.05) is 6.07 Å². The van der Waals surface area contributed by atoms with Crippen molar-refractivity contribution in [3.63, 3.8) is 0 Å². The minimum absolute atomic E-state index is 0.607. The zero-order chi connectivity index (χ0) is 14.0. The van der Waals surface area contributed by atoms with E-state index in [1.807, 2.05) is 0 Å². The molecule has 1 unspecified atom stereocenters. The molecule has 2 rings (SSSR count). The minimum atomic E-state index is 0.607. The van der Waals surface area contributed by atoms with Crippen molar-refractivity contribution in [2.24, 2.45) is 0 Å². The van der Waals surface area contributed by atoms with E-state index in [0.717, 1.165) is 18.8 Å². The van der Waals surface area contributed by atoms with Gasteiger partial charge in [-0.15, -0.1) is 0 Å². The number of aryl methyl sites for hydroxylation is 2. The van der Waals surface area contributed by atoms with Crippen molar-refractivity contribution in [3.8, 4) is 5.75 Å². The number of nitrogens with one attached hydrogen (secondary N) is 1. The van der Waals surface area contributed by atoms with Crippen LogP contribution >= 0.6 is 0 Å². The maximum atomic E-state index is 5.66. The van der Waals surface area contributed by atoms with Gasteiger partial charge in [0.1, 0.15) is 5.75 Å². The van der Waals surface area contributed by atoms with Gasteiger partial charge in [-0.25, -0.2) is 0 Å². The van der Waals surface area contributed by atoms with Gasteiger partial charge < -0.3 is 15.0 Å². The van der Waals surface area contributed by atoms with Gasteiger partial charge in [0, 0.05) is 19.6 Å². The van der Waals surface area contributed by atoms with Crippen LogP contribution in [-0.4, -0.2) is 33.3 Å². The predicted octanol–water partition coefficient (Wildman–Crippen LogP) is 2.81. The molecule has 0 radical (unpaired) electrons. The van der Waals surface area contributed by atoms with Crippen LogP contribution in [0.2, 0.25) is 0 Å². The fraction of sp³-hybridized carbons (Fsp3) is 0.625. The molecule has 1 atom stereocenters. The van der Waals surface area contributed by atoms with Crippen LogP contribution in [0, 0.1) is 20.8 Å². The Morgan fingerprint density at radius 1 is 1.32 bits per heavy atom. The Morgan fingerprint density at radius 3 is 2.63 bits per heavy atom. The van der Waals surface area contributed by atoms with Gasteiger partial charge in [-0.3, -0.25) is 0 Å². The first-order valence-electron chi connectivity index (χ1n) is 7.14. The normalized spacial score (nSPS) is 18.7. The quantitative estimate of drug-likeness (QED) is 0.903. The van der Waals surface area contributed by atoms with Crippen LogP contribution in [0.1, 0.15) is 29.5 Å². The van der Waals surface area contributed by atoms with Crippen LogP contribution in [0.5, 0.6) is 5.75 Å². The highest BCUT2D eigenvalue weighted by Gasteiger charge is 2.20. The molecule has 0 bridgehead atoms. The van der Waals surface area contributed by atoms with Crippen LogP contribution < -0.4 is 15.0 Å². The molecule has 0 aliphatic carbocycles. The summed E-state index contributed by atoms with van der Waals surface area (Å²) in [5, 5.41) is 3.56. The fourth-order valence-corrected chi connectivity index (χ4v) is 3.10. The third kappa shape index (κ3) is 2.86. The molecular formula is C16H26N2O. The number of benzene rings is 1. The van der Waals surface area contributed by atoms with Crippen LogP contribution in [-0.2, 0) is 0 Å². The van der Waals surface area contributed by atoms with Gasteiger partial charge in [0.2, 0.25) is 0 Å². The van der Waals surface area contributed by atoms with Gasteiger partial charge in [0.25, 0.3) is 0 Å². The number of anilines is 1. The summed E-state index contributed by atoms with van der Waals surface area (Å²) in [5.41, 5.74) is 5.07. The first kappa shape index (κ1) is 14.2. The molecule has 1 aliphatic rings. The highest BCUT2D eigenvalue weighted by atomic mass is 16.5. The van der Waals surface area contributed by atoms with E-state index >= 15 is 0 Å². The lowest BCUT2D eigenvalue weighted by Crippen LogP contribution is -2.35. The smallest absolute Gasteiger partial charge is 0.145 e. The first-order chi connectivity index (χ1) is 9.04. The molecule has 19 heavy (non-hydrogen) atoms. The Morgan fingerprint density at radius 2 is 2.05 bits per heavy atom. The number of methoxy groups -OCH3 is 1. The molecule has 1 N–H and O–H groups in total. The van der Waals surface area contributed by atoms with E-state index in [0.29, 0.717) is 6.04 Å². The lowest BCUT2D eigenvalue weighted by Gasteiger charge is -2.28. The van der Waals surface area contributed by atoms with E-state index in [4.69, 9.17) is 4.74 Å². The SMILES string of the molecule is COc1c(C)c(C)cc(C)c1N(C)CC1CCCN1. The first-order valence-corrected chi connectivity index (χ1v) is 7.14. The molecule has 1 aromatic carbocycles. The standard InChI is InChI=1S/C16H26N2O/c1-11-9-12(2)15(16(19-5)13(11)3)18(4)10-14-7-6-8-17-14/h9,14,17H,6-8,10H2,1-5H3. The molecule has 0 amide bonds. The van der Waals surface area contributed by atoms with E-state index in [-0.39, 0.29) is 0 Å². The Bertz CT molecular complexity index is 451. The van der Waals surface area contributed by atoms with Gasteiger partial charge >= 0.3 is 0 Å². The Hall–Kier alpha value is -1.22. The van der Waals surface area contributed by atoms with E-state index in [1.54, 1.807) is 7.11 Å². The summed E-state index contributed by atoms with van der Waals surface area (Å²) in [6, 6.07) is 2.86. The summed E-state index contributed by atoms with van der Waals surface area (Å²) in [4.78, 5) is 2.34. The molecule has 3 nitrogen and oxygen atoms in total. The highest BCUT2D eigenvalue weighted by Crippen LogP contribution is 2.36. The largest absolute Gasteiger partial charge is 0.494 e. The van der Waals surface area contributed by atoms with Crippen LogP contribution in [0.25, 0.3) is 0 Å². The second-order valence-corrected chi connectivity index (χ2v) is 5.69. The summed E-state index contributed by atoms with van der Waals surface area (Å²) in [5.74, 6) is 1.03. The van der Waals surface area contributed by atoms with Crippen LogP contribution in [0.3, 0.4) is 0 Å². The van der Waals surface area contributed by atoms with Crippen molar-refractivity contribution in [2.75, 3.05) is 32.1 Å². The lowest BCUT2D eigenvalue weighted by atomic mass is 10.0. The summed E-state index contributed by atoms with van der Waals surface area (Å²) < 4.78 is 5.66. The van der Waals surface area contributed by atoms with E-state index in [1.165, 1.54) is 35.2 Å². The van der Waals surface area contributed by atoms with Crippen molar-refractivity contribution in [3.05, 3.63) is 22.8 Å². The monoisotopic (exact) mass is 262 g/mol. The van der Waals surface area contributed by atoms with Gasteiger partial charge in [0.15, 0.2) is 0 Å². The highest BCUT2D eigenvalue weighted by molar-refractivity contribution is 5.68. The molecule has 0 spiro atoms. The zero-order valence-electron chi connectivity index (χ0n) is 12.8. The van der Waals surface area contributed by atoms with Crippen molar-refractivity contribution in [1.82, 2.24) is 5.32 Å². The summed E-state index contributed by atoms with van der Waals surface area (Å²) >= 11 is 0. The molecule has 1 saturated heterocycles. The molecule has 3 heteroatoms. The molecule has 0 aromatic heterocycles. The number of ether oxygens (including phenoxy) is 1. The molecule has 1 fully saturated rings. The number of hydrogen-bond acceptors (Lipinski definition) is 3. The van der Waals surface area contributed by atoms with E-state index in [9.17, 15) is 0 Å². The molecular weight excluding hydrogens is 236 g/mol. The summed E-state index contributed by atoms with van der Waals surface area (Å²) in [7, 11) is 3.94. The third-order valence-electron chi connectivity index (χ3n) is 4.20. The second kappa shape index (κ2) is 5.83. The van der Waals surface area contributed by atoms with Gasteiger partial charge in [-0.05, 0) is 56.8 Å². The van der Waals surface area contributed by atoms with Crippen LogP contribution in [0.15, 0.2) is 6.07 Å².